The summed E-state index contributed by atoms with van der Waals surface area (Å²) in [6.07, 6.45) is 12.9. The average Bonchev–Trinajstić information content (AvgIpc) is 2.95. The molecule has 0 unspecified atom stereocenters. The molecule has 1 nitrogen and oxygen atoms in total. The van der Waals surface area contributed by atoms with Crippen molar-refractivity contribution >= 4 is 11.3 Å². The number of thiophene rings is 1. The normalized spacial score (nSPS) is 24.9. The smallest absolute Gasteiger partial charge is 0.0556 e. The molecule has 0 atom stereocenters. The van der Waals surface area contributed by atoms with Crippen molar-refractivity contribution < 1.29 is 0 Å². The van der Waals surface area contributed by atoms with Crippen molar-refractivity contribution in [3.8, 4) is 0 Å². The van der Waals surface area contributed by atoms with Crippen LogP contribution in [-0.2, 0) is 5.54 Å². The highest BCUT2D eigenvalue weighted by molar-refractivity contribution is 7.10. The molecule has 1 fully saturated rings. The molecular weight excluding hydrogens is 226 g/mol. The van der Waals surface area contributed by atoms with E-state index in [4.69, 9.17) is 0 Å². The summed E-state index contributed by atoms with van der Waals surface area (Å²) in [4.78, 5) is 4.34. The van der Waals surface area contributed by atoms with Crippen LogP contribution in [-0.4, -0.2) is 18.0 Å². The van der Waals surface area contributed by atoms with E-state index in [1.54, 1.807) is 4.88 Å². The second kappa shape index (κ2) is 4.95. The lowest BCUT2D eigenvalue weighted by Crippen LogP contribution is -2.48. The fraction of sp³-hybridized carbons (Fsp3) is 0.600. The van der Waals surface area contributed by atoms with Gasteiger partial charge >= 0.3 is 0 Å². The third-order valence-electron chi connectivity index (χ3n) is 4.32. The molecule has 2 heteroatoms. The predicted molar refractivity (Wildman–Crippen MR) is 74.4 cm³/mol. The van der Waals surface area contributed by atoms with Crippen molar-refractivity contribution in [2.24, 2.45) is 0 Å². The molecule has 0 spiro atoms. The molecule has 1 aliphatic heterocycles. The summed E-state index contributed by atoms with van der Waals surface area (Å²) >= 11 is 1.96. The molecular formula is C15H21NS. The predicted octanol–water partition coefficient (Wildman–Crippen LogP) is 4.17. The van der Waals surface area contributed by atoms with E-state index in [-0.39, 0.29) is 0 Å². The van der Waals surface area contributed by atoms with E-state index in [1.807, 2.05) is 11.3 Å². The van der Waals surface area contributed by atoms with Gasteiger partial charge < -0.3 is 0 Å². The zero-order valence-electron chi connectivity index (χ0n) is 10.4. The summed E-state index contributed by atoms with van der Waals surface area (Å²) < 4.78 is 0. The second-order valence-electron chi connectivity index (χ2n) is 5.28. The Bertz CT molecular complexity index is 374. The lowest BCUT2D eigenvalue weighted by Gasteiger charge is -2.46. The maximum absolute atomic E-state index is 2.73. The summed E-state index contributed by atoms with van der Waals surface area (Å²) in [5.41, 5.74) is 0.372. The molecule has 1 aliphatic carbocycles. The van der Waals surface area contributed by atoms with Crippen molar-refractivity contribution in [2.75, 3.05) is 13.1 Å². The number of rotatable bonds is 2. The summed E-state index contributed by atoms with van der Waals surface area (Å²) in [5.74, 6) is 0. The molecule has 2 heterocycles. The van der Waals surface area contributed by atoms with Gasteiger partial charge in [-0.2, -0.15) is 0 Å². The maximum Gasteiger partial charge on any atom is 0.0556 e. The van der Waals surface area contributed by atoms with Gasteiger partial charge in [0, 0.05) is 18.0 Å². The topological polar surface area (TPSA) is 3.24 Å². The van der Waals surface area contributed by atoms with Crippen LogP contribution in [0.4, 0.5) is 0 Å². The van der Waals surface area contributed by atoms with Crippen molar-refractivity contribution in [2.45, 2.75) is 44.1 Å². The van der Waals surface area contributed by atoms with Gasteiger partial charge in [-0.15, -0.1) is 11.3 Å². The van der Waals surface area contributed by atoms with E-state index in [9.17, 15) is 0 Å². The zero-order chi connectivity index (χ0) is 11.6. The Morgan fingerprint density at radius 2 is 2.00 bits per heavy atom. The third-order valence-corrected chi connectivity index (χ3v) is 5.39. The highest BCUT2D eigenvalue weighted by atomic mass is 32.1. The molecule has 0 radical (unpaired) electrons. The number of hydrogen-bond donors (Lipinski definition) is 0. The first kappa shape index (κ1) is 11.5. The highest BCUT2D eigenvalue weighted by Crippen LogP contribution is 2.44. The van der Waals surface area contributed by atoms with Crippen molar-refractivity contribution in [3.05, 3.63) is 34.5 Å². The van der Waals surface area contributed by atoms with Gasteiger partial charge in [0.15, 0.2) is 0 Å². The fourth-order valence-electron chi connectivity index (χ4n) is 3.43. The first-order chi connectivity index (χ1) is 8.42. The van der Waals surface area contributed by atoms with Crippen LogP contribution in [0.5, 0.6) is 0 Å². The average molecular weight is 247 g/mol. The lowest BCUT2D eigenvalue weighted by molar-refractivity contribution is 0.0591. The summed E-state index contributed by atoms with van der Waals surface area (Å²) in [7, 11) is 0. The number of nitrogens with zero attached hydrogens (tertiary/aromatic N) is 1. The largest absolute Gasteiger partial charge is 0.289 e. The fourth-order valence-corrected chi connectivity index (χ4v) is 4.44. The van der Waals surface area contributed by atoms with E-state index in [2.05, 4.69) is 34.6 Å². The standard InChI is InChI=1S/C15H21NS/c1-3-9-15(10-4-1,14-8-7-13-17-14)16-11-5-2-6-12-16/h2,5,7-8,13H,1,3-4,6,9-12H2. The molecule has 1 aromatic rings. The minimum absolute atomic E-state index is 0.372. The second-order valence-corrected chi connectivity index (χ2v) is 6.22. The summed E-state index contributed by atoms with van der Waals surface area (Å²) in [6, 6.07) is 4.57. The minimum Gasteiger partial charge on any atom is -0.289 e. The highest BCUT2D eigenvalue weighted by Gasteiger charge is 2.39. The van der Waals surface area contributed by atoms with Crippen LogP contribution in [0, 0.1) is 0 Å². The molecule has 0 bridgehead atoms. The van der Waals surface area contributed by atoms with Gasteiger partial charge in [-0.3, -0.25) is 4.90 Å². The lowest BCUT2D eigenvalue weighted by atomic mass is 9.78. The number of hydrogen-bond acceptors (Lipinski definition) is 2. The molecule has 0 saturated heterocycles. The minimum atomic E-state index is 0.372. The Balaban J connectivity index is 1.92. The van der Waals surface area contributed by atoms with Gasteiger partial charge in [0.1, 0.15) is 0 Å². The van der Waals surface area contributed by atoms with Gasteiger partial charge in [-0.05, 0) is 30.7 Å². The molecule has 0 N–H and O–H groups in total. The molecule has 92 valence electrons. The van der Waals surface area contributed by atoms with Crippen LogP contribution in [0.1, 0.15) is 43.4 Å². The Hall–Kier alpha value is -0.600. The van der Waals surface area contributed by atoms with Gasteiger partial charge in [0.2, 0.25) is 0 Å². The summed E-state index contributed by atoms with van der Waals surface area (Å²) in [5, 5.41) is 2.24. The molecule has 0 amide bonds. The van der Waals surface area contributed by atoms with Gasteiger partial charge in [-0.25, -0.2) is 0 Å². The van der Waals surface area contributed by atoms with Crippen LogP contribution in [0.25, 0.3) is 0 Å². The Kier molecular flexibility index (Phi) is 3.34. The third kappa shape index (κ3) is 2.09. The van der Waals surface area contributed by atoms with Crippen LogP contribution < -0.4 is 0 Å². The molecule has 2 aliphatic rings. The van der Waals surface area contributed by atoms with Crippen LogP contribution in [0.15, 0.2) is 29.7 Å². The maximum atomic E-state index is 2.73. The molecule has 1 saturated carbocycles. The van der Waals surface area contributed by atoms with Crippen LogP contribution >= 0.6 is 11.3 Å². The van der Waals surface area contributed by atoms with Gasteiger partial charge in [0.25, 0.3) is 0 Å². The summed E-state index contributed by atoms with van der Waals surface area (Å²) in [6.45, 7) is 2.40. The zero-order valence-corrected chi connectivity index (χ0v) is 11.2. The van der Waals surface area contributed by atoms with Crippen molar-refractivity contribution in [1.82, 2.24) is 4.90 Å². The van der Waals surface area contributed by atoms with E-state index < -0.39 is 0 Å². The SMILES string of the molecule is C1=CCN(C2(c3cccs3)CCCCC2)CC1. The Labute approximate surface area is 108 Å². The van der Waals surface area contributed by atoms with Gasteiger partial charge in [0.05, 0.1) is 5.54 Å². The van der Waals surface area contributed by atoms with E-state index in [0.717, 1.165) is 6.54 Å². The van der Waals surface area contributed by atoms with E-state index in [1.165, 1.54) is 45.1 Å². The molecule has 17 heavy (non-hydrogen) atoms. The van der Waals surface area contributed by atoms with Crippen LogP contribution in [0.3, 0.4) is 0 Å². The van der Waals surface area contributed by atoms with Gasteiger partial charge in [-0.1, -0.05) is 37.5 Å². The Morgan fingerprint density at radius 3 is 2.65 bits per heavy atom. The quantitative estimate of drug-likeness (QED) is 0.709. The molecule has 0 aromatic carbocycles. The monoisotopic (exact) mass is 247 g/mol. The molecule has 3 rings (SSSR count). The van der Waals surface area contributed by atoms with Crippen molar-refractivity contribution in [3.63, 3.8) is 0 Å². The molecule has 1 aromatic heterocycles. The van der Waals surface area contributed by atoms with E-state index in [0.29, 0.717) is 5.54 Å². The first-order valence-corrected chi connectivity index (χ1v) is 7.74. The van der Waals surface area contributed by atoms with E-state index >= 15 is 0 Å². The van der Waals surface area contributed by atoms with Crippen LogP contribution in [0.2, 0.25) is 0 Å². The first-order valence-electron chi connectivity index (χ1n) is 6.86. The Morgan fingerprint density at radius 1 is 1.12 bits per heavy atom. The van der Waals surface area contributed by atoms with Crippen molar-refractivity contribution in [1.29, 1.82) is 0 Å².